The monoisotopic (exact) mass is 378 g/mol. The zero-order valence-electron chi connectivity index (χ0n) is 16.2. The molecule has 0 aliphatic rings. The van der Waals surface area contributed by atoms with Gasteiger partial charge in [0.05, 0.1) is 0 Å². The molecule has 5 nitrogen and oxygen atoms in total. The molecule has 0 spiro atoms. The largest absolute Gasteiger partial charge is 0.334 e. The summed E-state index contributed by atoms with van der Waals surface area (Å²) in [5.41, 5.74) is 2.44. The van der Waals surface area contributed by atoms with Gasteiger partial charge in [-0.05, 0) is 50.6 Å². The molecule has 3 aromatic rings. The van der Waals surface area contributed by atoms with Crippen molar-refractivity contribution < 1.29 is 9.18 Å². The van der Waals surface area contributed by atoms with Gasteiger partial charge in [-0.2, -0.15) is 0 Å². The lowest BCUT2D eigenvalue weighted by Gasteiger charge is -2.27. The van der Waals surface area contributed by atoms with Crippen LogP contribution in [0, 0.1) is 12.7 Å². The van der Waals surface area contributed by atoms with E-state index in [1.54, 1.807) is 18.2 Å². The van der Waals surface area contributed by atoms with Crippen molar-refractivity contribution in [2.24, 2.45) is 0 Å². The van der Waals surface area contributed by atoms with Crippen LogP contribution in [-0.4, -0.2) is 21.9 Å². The molecular formula is C22H23FN4O. The van der Waals surface area contributed by atoms with Crippen molar-refractivity contribution in [3.63, 3.8) is 0 Å². The third-order valence-electron chi connectivity index (χ3n) is 4.23. The predicted molar refractivity (Wildman–Crippen MR) is 109 cm³/mol. The van der Waals surface area contributed by atoms with Crippen LogP contribution < -0.4 is 10.2 Å². The molecule has 0 fully saturated rings. The fourth-order valence-electron chi connectivity index (χ4n) is 2.82. The molecule has 1 N–H and O–H groups in total. The van der Waals surface area contributed by atoms with E-state index >= 15 is 0 Å². The van der Waals surface area contributed by atoms with Gasteiger partial charge < -0.3 is 10.2 Å². The Labute approximate surface area is 164 Å². The van der Waals surface area contributed by atoms with Crippen LogP contribution in [0.2, 0.25) is 0 Å². The Hall–Kier alpha value is -3.28. The van der Waals surface area contributed by atoms with Crippen molar-refractivity contribution in [3.05, 3.63) is 83.4 Å². The summed E-state index contributed by atoms with van der Waals surface area (Å²) in [5.74, 6) is -0.324. The van der Waals surface area contributed by atoms with Gasteiger partial charge in [-0.1, -0.05) is 36.4 Å². The standard InChI is InChI=1S/C22H23FN4O/c1-15(2)27(14-17-8-5-4-6-9-17)22-24-16(3)12-20(26-22)21(28)25-19-11-7-10-18(23)13-19/h4-13,15H,14H2,1-3H3,(H,25,28). The molecule has 0 radical (unpaired) electrons. The highest BCUT2D eigenvalue weighted by atomic mass is 19.1. The maximum atomic E-state index is 13.4. The number of carbonyl (C=O) groups is 1. The van der Waals surface area contributed by atoms with E-state index in [4.69, 9.17) is 0 Å². The molecule has 0 saturated heterocycles. The van der Waals surface area contributed by atoms with Crippen molar-refractivity contribution in [1.82, 2.24) is 9.97 Å². The van der Waals surface area contributed by atoms with E-state index in [2.05, 4.69) is 29.1 Å². The van der Waals surface area contributed by atoms with Crippen LogP contribution in [0.1, 0.15) is 35.6 Å². The van der Waals surface area contributed by atoms with E-state index in [-0.39, 0.29) is 11.7 Å². The molecule has 0 saturated carbocycles. The van der Waals surface area contributed by atoms with Crippen molar-refractivity contribution in [2.75, 3.05) is 10.2 Å². The smallest absolute Gasteiger partial charge is 0.274 e. The fraction of sp³-hybridized carbons (Fsp3) is 0.227. The summed E-state index contributed by atoms with van der Waals surface area (Å²) in [6.45, 7) is 6.57. The van der Waals surface area contributed by atoms with Crippen LogP contribution in [-0.2, 0) is 6.54 Å². The van der Waals surface area contributed by atoms with Crippen LogP contribution in [0.5, 0.6) is 0 Å². The van der Waals surface area contributed by atoms with Gasteiger partial charge in [-0.3, -0.25) is 4.79 Å². The lowest BCUT2D eigenvalue weighted by molar-refractivity contribution is 0.102. The topological polar surface area (TPSA) is 58.1 Å². The minimum Gasteiger partial charge on any atom is -0.334 e. The molecule has 1 amide bonds. The zero-order valence-corrected chi connectivity index (χ0v) is 16.2. The Morgan fingerprint density at radius 2 is 1.82 bits per heavy atom. The molecule has 0 atom stereocenters. The second-order valence-corrected chi connectivity index (χ2v) is 6.87. The molecule has 144 valence electrons. The first kappa shape index (κ1) is 19.5. The number of rotatable bonds is 6. The van der Waals surface area contributed by atoms with E-state index in [1.165, 1.54) is 12.1 Å². The van der Waals surface area contributed by atoms with Crippen LogP contribution in [0.15, 0.2) is 60.7 Å². The van der Waals surface area contributed by atoms with Crippen LogP contribution in [0.3, 0.4) is 0 Å². The van der Waals surface area contributed by atoms with Gasteiger partial charge in [-0.15, -0.1) is 0 Å². The Morgan fingerprint density at radius 3 is 2.50 bits per heavy atom. The predicted octanol–water partition coefficient (Wildman–Crippen LogP) is 4.59. The maximum Gasteiger partial charge on any atom is 0.274 e. The molecule has 0 unspecified atom stereocenters. The van der Waals surface area contributed by atoms with Crippen LogP contribution in [0.25, 0.3) is 0 Å². The van der Waals surface area contributed by atoms with Crippen LogP contribution >= 0.6 is 0 Å². The summed E-state index contributed by atoms with van der Waals surface area (Å²) in [5, 5.41) is 2.68. The first-order valence-corrected chi connectivity index (χ1v) is 9.15. The highest BCUT2D eigenvalue weighted by molar-refractivity contribution is 6.03. The van der Waals surface area contributed by atoms with E-state index in [0.717, 1.165) is 5.56 Å². The van der Waals surface area contributed by atoms with Gasteiger partial charge in [-0.25, -0.2) is 14.4 Å². The molecule has 1 heterocycles. The maximum absolute atomic E-state index is 13.4. The highest BCUT2D eigenvalue weighted by Crippen LogP contribution is 2.18. The lowest BCUT2D eigenvalue weighted by atomic mass is 10.2. The average molecular weight is 378 g/mol. The fourth-order valence-corrected chi connectivity index (χ4v) is 2.82. The molecule has 0 aliphatic carbocycles. The van der Waals surface area contributed by atoms with Gasteiger partial charge in [0.25, 0.3) is 5.91 Å². The number of aromatic nitrogens is 2. The zero-order chi connectivity index (χ0) is 20.1. The van der Waals surface area contributed by atoms with Gasteiger partial charge in [0.1, 0.15) is 11.5 Å². The molecule has 2 aromatic carbocycles. The van der Waals surface area contributed by atoms with Gasteiger partial charge >= 0.3 is 0 Å². The van der Waals surface area contributed by atoms with Crippen LogP contribution in [0.4, 0.5) is 16.0 Å². The number of carbonyl (C=O) groups excluding carboxylic acids is 1. The minimum atomic E-state index is -0.411. The quantitative estimate of drug-likeness (QED) is 0.681. The van der Waals surface area contributed by atoms with Gasteiger partial charge in [0.15, 0.2) is 0 Å². The number of hydrogen-bond donors (Lipinski definition) is 1. The van der Waals surface area contributed by atoms with E-state index in [0.29, 0.717) is 23.9 Å². The summed E-state index contributed by atoms with van der Waals surface area (Å²) in [4.78, 5) is 23.7. The number of halogens is 1. The van der Waals surface area contributed by atoms with Crippen molar-refractivity contribution in [3.8, 4) is 0 Å². The van der Waals surface area contributed by atoms with E-state index in [9.17, 15) is 9.18 Å². The van der Waals surface area contributed by atoms with E-state index in [1.807, 2.05) is 42.2 Å². The number of aryl methyl sites for hydroxylation is 1. The van der Waals surface area contributed by atoms with Gasteiger partial charge in [0, 0.05) is 24.0 Å². The number of nitrogens with zero attached hydrogens (tertiary/aromatic N) is 3. The Bertz CT molecular complexity index is 960. The second-order valence-electron chi connectivity index (χ2n) is 6.87. The van der Waals surface area contributed by atoms with Crippen molar-refractivity contribution >= 4 is 17.5 Å². The van der Waals surface area contributed by atoms with Crippen molar-refractivity contribution in [2.45, 2.75) is 33.4 Å². The molecule has 3 rings (SSSR count). The Kier molecular flexibility index (Phi) is 5.99. The number of amides is 1. The van der Waals surface area contributed by atoms with Crippen molar-refractivity contribution in [1.29, 1.82) is 0 Å². The Morgan fingerprint density at radius 1 is 1.07 bits per heavy atom. The Balaban J connectivity index is 1.87. The second kappa shape index (κ2) is 8.61. The number of nitrogens with one attached hydrogen (secondary N) is 1. The summed E-state index contributed by atoms with van der Waals surface area (Å²) in [6.07, 6.45) is 0. The minimum absolute atomic E-state index is 0.140. The summed E-state index contributed by atoms with van der Waals surface area (Å²) >= 11 is 0. The number of hydrogen-bond acceptors (Lipinski definition) is 4. The number of benzene rings is 2. The molecular weight excluding hydrogens is 355 g/mol. The average Bonchev–Trinajstić information content (AvgIpc) is 2.66. The third kappa shape index (κ3) is 4.91. The molecule has 1 aromatic heterocycles. The van der Waals surface area contributed by atoms with E-state index < -0.39 is 11.7 Å². The first-order valence-electron chi connectivity index (χ1n) is 9.15. The molecule has 6 heteroatoms. The lowest BCUT2D eigenvalue weighted by Crippen LogP contribution is -2.32. The number of anilines is 2. The third-order valence-corrected chi connectivity index (χ3v) is 4.23. The molecule has 0 bridgehead atoms. The molecule has 28 heavy (non-hydrogen) atoms. The summed E-state index contributed by atoms with van der Waals surface area (Å²) in [7, 11) is 0. The summed E-state index contributed by atoms with van der Waals surface area (Å²) < 4.78 is 13.4. The first-order chi connectivity index (χ1) is 13.4. The van der Waals surface area contributed by atoms with Gasteiger partial charge in [0.2, 0.25) is 5.95 Å². The normalized spacial score (nSPS) is 10.8. The highest BCUT2D eigenvalue weighted by Gasteiger charge is 2.18. The summed E-state index contributed by atoms with van der Waals surface area (Å²) in [6, 6.07) is 17.6. The SMILES string of the molecule is Cc1cc(C(=O)Nc2cccc(F)c2)nc(N(Cc2ccccc2)C(C)C)n1. The molecule has 0 aliphatic heterocycles.